The average molecular weight is 303 g/mol. The zero-order chi connectivity index (χ0) is 15.4. The molecule has 120 valence electrons. The highest BCUT2D eigenvalue weighted by molar-refractivity contribution is 5.91. The Labute approximate surface area is 132 Å². The van der Waals surface area contributed by atoms with Crippen LogP contribution < -0.4 is 5.32 Å². The second kappa shape index (κ2) is 6.75. The molecule has 5 nitrogen and oxygen atoms in total. The molecule has 0 spiro atoms. The van der Waals surface area contributed by atoms with Crippen LogP contribution in [0.3, 0.4) is 0 Å². The van der Waals surface area contributed by atoms with E-state index in [2.05, 4.69) is 15.2 Å². The minimum absolute atomic E-state index is 0.0329. The molecule has 1 aliphatic heterocycles. The SMILES string of the molecule is Cc1cncc(NC(=O)CC2(N3CCOCC3)CCCC2)c1. The van der Waals surface area contributed by atoms with E-state index in [4.69, 9.17) is 4.74 Å². The topological polar surface area (TPSA) is 54.5 Å². The maximum atomic E-state index is 12.5. The Bertz CT molecular complexity index is 520. The fourth-order valence-corrected chi connectivity index (χ4v) is 3.80. The first-order chi connectivity index (χ1) is 10.7. The molecule has 0 aromatic carbocycles. The second-order valence-electron chi connectivity index (χ2n) is 6.51. The average Bonchev–Trinajstić information content (AvgIpc) is 2.98. The van der Waals surface area contributed by atoms with Crippen LogP contribution in [0.15, 0.2) is 18.5 Å². The standard InChI is InChI=1S/C17H25N3O2/c1-14-10-15(13-18-12-14)19-16(21)11-17(4-2-3-5-17)20-6-8-22-9-7-20/h10,12-13H,2-9,11H2,1H3,(H,19,21). The molecule has 1 aliphatic carbocycles. The minimum atomic E-state index is 0.0329. The molecule has 5 heteroatoms. The van der Waals surface area contributed by atoms with Gasteiger partial charge >= 0.3 is 0 Å². The molecular formula is C17H25N3O2. The molecule has 1 N–H and O–H groups in total. The van der Waals surface area contributed by atoms with Crippen molar-refractivity contribution in [2.75, 3.05) is 31.6 Å². The number of hydrogen-bond donors (Lipinski definition) is 1. The van der Waals surface area contributed by atoms with Crippen molar-refractivity contribution in [3.8, 4) is 0 Å². The molecule has 0 radical (unpaired) electrons. The zero-order valence-electron chi connectivity index (χ0n) is 13.3. The lowest BCUT2D eigenvalue weighted by molar-refractivity contribution is -0.120. The van der Waals surface area contributed by atoms with Gasteiger partial charge in [-0.25, -0.2) is 0 Å². The Kier molecular flexibility index (Phi) is 4.74. The Hall–Kier alpha value is -1.46. The third-order valence-corrected chi connectivity index (χ3v) is 4.86. The van der Waals surface area contributed by atoms with Crippen LogP contribution in [0.2, 0.25) is 0 Å². The zero-order valence-corrected chi connectivity index (χ0v) is 13.3. The van der Waals surface area contributed by atoms with Crippen LogP contribution in [0.4, 0.5) is 5.69 Å². The van der Waals surface area contributed by atoms with Crippen molar-refractivity contribution in [3.63, 3.8) is 0 Å². The van der Waals surface area contributed by atoms with E-state index in [0.29, 0.717) is 6.42 Å². The van der Waals surface area contributed by atoms with E-state index < -0.39 is 0 Å². The van der Waals surface area contributed by atoms with E-state index in [1.165, 1.54) is 12.8 Å². The number of aromatic nitrogens is 1. The number of rotatable bonds is 4. The lowest BCUT2D eigenvalue weighted by Crippen LogP contribution is -2.53. The van der Waals surface area contributed by atoms with Gasteiger partial charge in [0.15, 0.2) is 0 Å². The van der Waals surface area contributed by atoms with Gasteiger partial charge in [0, 0.05) is 31.2 Å². The second-order valence-corrected chi connectivity index (χ2v) is 6.51. The number of aryl methyl sites for hydroxylation is 1. The summed E-state index contributed by atoms with van der Waals surface area (Å²) < 4.78 is 5.47. The Balaban J connectivity index is 1.66. The van der Waals surface area contributed by atoms with Crippen LogP contribution in [-0.2, 0) is 9.53 Å². The van der Waals surface area contributed by atoms with Crippen molar-refractivity contribution in [1.29, 1.82) is 0 Å². The molecule has 1 amide bonds. The molecule has 0 unspecified atom stereocenters. The van der Waals surface area contributed by atoms with Crippen molar-refractivity contribution in [2.45, 2.75) is 44.6 Å². The van der Waals surface area contributed by atoms with Gasteiger partial charge in [0.2, 0.25) is 5.91 Å². The number of pyridine rings is 1. The lowest BCUT2D eigenvalue weighted by Gasteiger charge is -2.43. The summed E-state index contributed by atoms with van der Waals surface area (Å²) in [6.45, 7) is 5.43. The molecule has 2 aliphatic rings. The number of anilines is 1. The number of nitrogens with one attached hydrogen (secondary N) is 1. The third kappa shape index (κ3) is 3.47. The number of morpholine rings is 1. The van der Waals surface area contributed by atoms with E-state index >= 15 is 0 Å². The van der Waals surface area contributed by atoms with Gasteiger partial charge in [-0.1, -0.05) is 12.8 Å². The molecule has 2 heterocycles. The summed E-state index contributed by atoms with van der Waals surface area (Å²) >= 11 is 0. The summed E-state index contributed by atoms with van der Waals surface area (Å²) in [5.41, 5.74) is 1.88. The fraction of sp³-hybridized carbons (Fsp3) is 0.647. The Morgan fingerprint density at radius 3 is 2.73 bits per heavy atom. The summed E-state index contributed by atoms with van der Waals surface area (Å²) in [7, 11) is 0. The maximum absolute atomic E-state index is 12.5. The largest absolute Gasteiger partial charge is 0.379 e. The number of ether oxygens (including phenoxy) is 1. The van der Waals surface area contributed by atoms with Gasteiger partial charge in [-0.3, -0.25) is 14.7 Å². The smallest absolute Gasteiger partial charge is 0.226 e. The van der Waals surface area contributed by atoms with Crippen LogP contribution in [0.5, 0.6) is 0 Å². The molecule has 1 aromatic rings. The summed E-state index contributed by atoms with van der Waals surface area (Å²) in [6.07, 6.45) is 8.75. The number of nitrogens with zero attached hydrogens (tertiary/aromatic N) is 2. The molecular weight excluding hydrogens is 278 g/mol. The summed E-state index contributed by atoms with van der Waals surface area (Å²) in [5, 5.41) is 3.01. The first-order valence-corrected chi connectivity index (χ1v) is 8.22. The number of carbonyl (C=O) groups is 1. The van der Waals surface area contributed by atoms with Crippen LogP contribution >= 0.6 is 0 Å². The Morgan fingerprint density at radius 2 is 2.05 bits per heavy atom. The van der Waals surface area contributed by atoms with Crippen LogP contribution in [0.1, 0.15) is 37.7 Å². The highest BCUT2D eigenvalue weighted by Crippen LogP contribution is 2.38. The van der Waals surface area contributed by atoms with E-state index in [1.807, 2.05) is 13.0 Å². The van der Waals surface area contributed by atoms with Crippen LogP contribution in [0, 0.1) is 6.92 Å². The number of hydrogen-bond acceptors (Lipinski definition) is 4. The van der Waals surface area contributed by atoms with Crippen molar-refractivity contribution in [3.05, 3.63) is 24.0 Å². The predicted molar refractivity (Wildman–Crippen MR) is 85.8 cm³/mol. The lowest BCUT2D eigenvalue weighted by atomic mass is 9.90. The molecule has 2 fully saturated rings. The van der Waals surface area contributed by atoms with Crippen LogP contribution in [0.25, 0.3) is 0 Å². The van der Waals surface area contributed by atoms with Crippen molar-refractivity contribution in [2.24, 2.45) is 0 Å². The fourth-order valence-electron chi connectivity index (χ4n) is 3.80. The third-order valence-electron chi connectivity index (χ3n) is 4.86. The van der Waals surface area contributed by atoms with Gasteiger partial charge in [-0.05, 0) is 31.4 Å². The number of amides is 1. The predicted octanol–water partition coefficient (Wildman–Crippen LogP) is 2.36. The quantitative estimate of drug-likeness (QED) is 0.928. The molecule has 0 bridgehead atoms. The van der Waals surface area contributed by atoms with E-state index in [0.717, 1.165) is 50.4 Å². The van der Waals surface area contributed by atoms with Gasteiger partial charge in [-0.2, -0.15) is 0 Å². The molecule has 22 heavy (non-hydrogen) atoms. The van der Waals surface area contributed by atoms with Crippen molar-refractivity contribution in [1.82, 2.24) is 9.88 Å². The molecule has 1 saturated heterocycles. The maximum Gasteiger partial charge on any atom is 0.226 e. The van der Waals surface area contributed by atoms with Crippen molar-refractivity contribution >= 4 is 11.6 Å². The van der Waals surface area contributed by atoms with Gasteiger partial charge in [0.1, 0.15) is 0 Å². The normalized spacial score (nSPS) is 21.7. The van der Waals surface area contributed by atoms with Gasteiger partial charge < -0.3 is 10.1 Å². The molecule has 1 aromatic heterocycles. The monoisotopic (exact) mass is 303 g/mol. The summed E-state index contributed by atoms with van der Waals surface area (Å²) in [5.74, 6) is 0.0980. The first-order valence-electron chi connectivity index (χ1n) is 8.22. The highest BCUT2D eigenvalue weighted by atomic mass is 16.5. The van der Waals surface area contributed by atoms with E-state index in [9.17, 15) is 4.79 Å². The van der Waals surface area contributed by atoms with Gasteiger partial charge in [-0.15, -0.1) is 0 Å². The van der Waals surface area contributed by atoms with E-state index in [-0.39, 0.29) is 11.4 Å². The molecule has 1 saturated carbocycles. The van der Waals surface area contributed by atoms with Gasteiger partial charge in [0.05, 0.1) is 25.1 Å². The van der Waals surface area contributed by atoms with E-state index in [1.54, 1.807) is 12.4 Å². The highest BCUT2D eigenvalue weighted by Gasteiger charge is 2.41. The number of carbonyl (C=O) groups excluding carboxylic acids is 1. The Morgan fingerprint density at radius 1 is 1.32 bits per heavy atom. The molecule has 3 rings (SSSR count). The van der Waals surface area contributed by atoms with Crippen LogP contribution in [-0.4, -0.2) is 47.6 Å². The summed E-state index contributed by atoms with van der Waals surface area (Å²) in [6, 6.07) is 1.96. The molecule has 0 atom stereocenters. The first kappa shape index (κ1) is 15.4. The van der Waals surface area contributed by atoms with Gasteiger partial charge in [0.25, 0.3) is 0 Å². The van der Waals surface area contributed by atoms with Crippen molar-refractivity contribution < 1.29 is 9.53 Å². The minimum Gasteiger partial charge on any atom is -0.379 e. The summed E-state index contributed by atoms with van der Waals surface area (Å²) in [4.78, 5) is 19.1.